The molecule has 1 heterocycles. The van der Waals surface area contributed by atoms with Crippen LogP contribution in [0.4, 0.5) is 5.69 Å². The van der Waals surface area contributed by atoms with Crippen LogP contribution in [0.1, 0.15) is 5.76 Å². The number of carbonyl (C=O) groups is 1. The van der Waals surface area contributed by atoms with Crippen molar-refractivity contribution in [2.75, 3.05) is 18.9 Å². The maximum absolute atomic E-state index is 12.1. The Morgan fingerprint density at radius 2 is 1.72 bits per heavy atom. The maximum atomic E-state index is 12.1. The van der Waals surface area contributed by atoms with Crippen LogP contribution < -0.4 is 10.1 Å². The molecule has 1 N–H and O–H groups in total. The van der Waals surface area contributed by atoms with Crippen molar-refractivity contribution < 1.29 is 13.9 Å². The van der Waals surface area contributed by atoms with Crippen LogP contribution >= 0.6 is 0 Å². The standard InChI is InChI=1S/C20H20N2O3/c1-22(14-19-8-5-13-24-19)15-20(23)21-16-9-11-18(12-10-16)25-17-6-3-2-4-7-17/h2-13H,14-15H2,1H3,(H,21,23). The number of likely N-dealkylation sites (N-methyl/N-ethyl adjacent to an activating group) is 1. The zero-order valence-corrected chi connectivity index (χ0v) is 14.0. The maximum Gasteiger partial charge on any atom is 0.238 e. The highest BCUT2D eigenvalue weighted by atomic mass is 16.5. The molecule has 3 rings (SSSR count). The molecule has 1 amide bonds. The molecule has 25 heavy (non-hydrogen) atoms. The first-order valence-electron chi connectivity index (χ1n) is 8.03. The molecule has 0 atom stereocenters. The summed E-state index contributed by atoms with van der Waals surface area (Å²) in [6, 6.07) is 20.6. The Bertz CT molecular complexity index is 784. The number of rotatable bonds is 7. The molecule has 0 aliphatic carbocycles. The van der Waals surface area contributed by atoms with Crippen LogP contribution in [0.5, 0.6) is 11.5 Å². The Morgan fingerprint density at radius 1 is 1.00 bits per heavy atom. The summed E-state index contributed by atoms with van der Waals surface area (Å²) >= 11 is 0. The monoisotopic (exact) mass is 336 g/mol. The summed E-state index contributed by atoms with van der Waals surface area (Å²) in [5.74, 6) is 2.25. The van der Waals surface area contributed by atoms with Crippen LogP contribution in [-0.2, 0) is 11.3 Å². The minimum Gasteiger partial charge on any atom is -0.468 e. The summed E-state index contributed by atoms with van der Waals surface area (Å²) in [5.41, 5.74) is 0.733. The lowest BCUT2D eigenvalue weighted by atomic mass is 10.3. The van der Waals surface area contributed by atoms with Gasteiger partial charge in [-0.25, -0.2) is 0 Å². The number of furan rings is 1. The van der Waals surface area contributed by atoms with Crippen molar-refractivity contribution in [2.24, 2.45) is 0 Å². The smallest absolute Gasteiger partial charge is 0.238 e. The van der Waals surface area contributed by atoms with E-state index in [2.05, 4.69) is 5.32 Å². The number of para-hydroxylation sites is 1. The van der Waals surface area contributed by atoms with E-state index in [0.717, 1.165) is 22.9 Å². The molecule has 3 aromatic rings. The molecule has 5 nitrogen and oxygen atoms in total. The van der Waals surface area contributed by atoms with Crippen molar-refractivity contribution in [3.05, 3.63) is 78.8 Å². The average molecular weight is 336 g/mol. The van der Waals surface area contributed by atoms with Crippen molar-refractivity contribution in [1.29, 1.82) is 0 Å². The fourth-order valence-electron chi connectivity index (χ4n) is 2.40. The fourth-order valence-corrected chi connectivity index (χ4v) is 2.40. The van der Waals surface area contributed by atoms with Crippen molar-refractivity contribution in [1.82, 2.24) is 4.90 Å². The number of carbonyl (C=O) groups excluding carboxylic acids is 1. The minimum atomic E-state index is -0.0780. The van der Waals surface area contributed by atoms with Crippen LogP contribution in [0.3, 0.4) is 0 Å². The molecule has 0 aliphatic heterocycles. The molecule has 5 heteroatoms. The molecule has 0 bridgehead atoms. The van der Waals surface area contributed by atoms with E-state index < -0.39 is 0 Å². The average Bonchev–Trinajstić information content (AvgIpc) is 3.10. The number of nitrogens with zero attached hydrogens (tertiary/aromatic N) is 1. The van der Waals surface area contributed by atoms with E-state index in [1.165, 1.54) is 0 Å². The van der Waals surface area contributed by atoms with Gasteiger partial charge in [0.25, 0.3) is 0 Å². The predicted molar refractivity (Wildman–Crippen MR) is 96.6 cm³/mol. The predicted octanol–water partition coefficient (Wildman–Crippen LogP) is 4.14. The Labute approximate surface area is 146 Å². The topological polar surface area (TPSA) is 54.7 Å². The van der Waals surface area contributed by atoms with Gasteiger partial charge in [-0.2, -0.15) is 0 Å². The molecule has 0 saturated heterocycles. The number of anilines is 1. The van der Waals surface area contributed by atoms with E-state index in [4.69, 9.17) is 9.15 Å². The summed E-state index contributed by atoms with van der Waals surface area (Å²) in [6.45, 7) is 0.868. The summed E-state index contributed by atoms with van der Waals surface area (Å²) in [5, 5.41) is 2.88. The molecule has 128 valence electrons. The highest BCUT2D eigenvalue weighted by molar-refractivity contribution is 5.92. The summed E-state index contributed by atoms with van der Waals surface area (Å²) < 4.78 is 11.0. The zero-order valence-electron chi connectivity index (χ0n) is 14.0. The summed E-state index contributed by atoms with van der Waals surface area (Å²) in [7, 11) is 1.87. The molecule has 0 aliphatic rings. The van der Waals surface area contributed by atoms with Gasteiger partial charge in [0.05, 0.1) is 19.4 Å². The highest BCUT2D eigenvalue weighted by Gasteiger charge is 2.09. The Morgan fingerprint density at radius 3 is 2.40 bits per heavy atom. The molecule has 0 saturated carbocycles. The third-order valence-corrected chi connectivity index (χ3v) is 3.54. The Kier molecular flexibility index (Phi) is 5.49. The van der Waals surface area contributed by atoms with Crippen LogP contribution in [0.25, 0.3) is 0 Å². The fraction of sp³-hybridized carbons (Fsp3) is 0.150. The van der Waals surface area contributed by atoms with Gasteiger partial charge in [0.15, 0.2) is 0 Å². The van der Waals surface area contributed by atoms with Gasteiger partial charge >= 0.3 is 0 Å². The number of hydrogen-bond donors (Lipinski definition) is 1. The summed E-state index contributed by atoms with van der Waals surface area (Å²) in [6.07, 6.45) is 1.63. The van der Waals surface area contributed by atoms with E-state index in [9.17, 15) is 4.79 Å². The van der Waals surface area contributed by atoms with Gasteiger partial charge in [0.1, 0.15) is 17.3 Å². The Balaban J connectivity index is 1.49. The van der Waals surface area contributed by atoms with E-state index >= 15 is 0 Å². The van der Waals surface area contributed by atoms with Gasteiger partial charge in [-0.05, 0) is 55.6 Å². The molecule has 1 aromatic heterocycles. The minimum absolute atomic E-state index is 0.0780. The molecule has 0 radical (unpaired) electrons. The highest BCUT2D eigenvalue weighted by Crippen LogP contribution is 2.22. The van der Waals surface area contributed by atoms with Gasteiger partial charge in [-0.3, -0.25) is 9.69 Å². The zero-order chi connectivity index (χ0) is 17.5. The second-order valence-electron chi connectivity index (χ2n) is 5.74. The van der Waals surface area contributed by atoms with E-state index in [0.29, 0.717) is 6.54 Å². The largest absolute Gasteiger partial charge is 0.468 e. The first-order valence-corrected chi connectivity index (χ1v) is 8.03. The van der Waals surface area contributed by atoms with Gasteiger partial charge < -0.3 is 14.5 Å². The SMILES string of the molecule is CN(CC(=O)Nc1ccc(Oc2ccccc2)cc1)Cc1ccco1. The van der Waals surface area contributed by atoms with Gasteiger partial charge in [-0.15, -0.1) is 0 Å². The van der Waals surface area contributed by atoms with Crippen molar-refractivity contribution in [3.8, 4) is 11.5 Å². The Hall–Kier alpha value is -3.05. The van der Waals surface area contributed by atoms with Crippen LogP contribution in [0, 0.1) is 0 Å². The number of nitrogens with one attached hydrogen (secondary N) is 1. The lowest BCUT2D eigenvalue weighted by Crippen LogP contribution is -2.29. The third-order valence-electron chi connectivity index (χ3n) is 3.54. The lowest BCUT2D eigenvalue weighted by Gasteiger charge is -2.15. The lowest BCUT2D eigenvalue weighted by molar-refractivity contribution is -0.117. The van der Waals surface area contributed by atoms with Crippen molar-refractivity contribution in [2.45, 2.75) is 6.54 Å². The number of amides is 1. The van der Waals surface area contributed by atoms with Crippen LogP contribution in [0.15, 0.2) is 77.4 Å². The molecule has 0 spiro atoms. The quantitative estimate of drug-likeness (QED) is 0.704. The molecular weight excluding hydrogens is 316 g/mol. The van der Waals surface area contributed by atoms with E-state index in [1.54, 1.807) is 6.26 Å². The number of ether oxygens (including phenoxy) is 1. The first kappa shape index (κ1) is 16.8. The second-order valence-corrected chi connectivity index (χ2v) is 5.74. The first-order chi connectivity index (χ1) is 12.2. The number of hydrogen-bond acceptors (Lipinski definition) is 4. The van der Waals surface area contributed by atoms with Gasteiger partial charge in [0.2, 0.25) is 5.91 Å². The molecule has 2 aromatic carbocycles. The van der Waals surface area contributed by atoms with Gasteiger partial charge in [0, 0.05) is 5.69 Å². The van der Waals surface area contributed by atoms with Crippen molar-refractivity contribution >= 4 is 11.6 Å². The van der Waals surface area contributed by atoms with Crippen LogP contribution in [-0.4, -0.2) is 24.4 Å². The van der Waals surface area contributed by atoms with Crippen molar-refractivity contribution in [3.63, 3.8) is 0 Å². The van der Waals surface area contributed by atoms with E-state index in [1.807, 2.05) is 78.7 Å². The third kappa shape index (κ3) is 5.22. The molecule has 0 fully saturated rings. The molecular formula is C20H20N2O3. The van der Waals surface area contributed by atoms with Gasteiger partial charge in [-0.1, -0.05) is 18.2 Å². The van der Waals surface area contributed by atoms with Crippen LogP contribution in [0.2, 0.25) is 0 Å². The van der Waals surface area contributed by atoms with E-state index in [-0.39, 0.29) is 12.5 Å². The number of benzene rings is 2. The summed E-state index contributed by atoms with van der Waals surface area (Å²) in [4.78, 5) is 14.0. The second kappa shape index (κ2) is 8.17. The normalized spacial score (nSPS) is 10.6. The molecule has 0 unspecified atom stereocenters.